The Balaban J connectivity index is 2.47. The van der Waals surface area contributed by atoms with E-state index in [1.54, 1.807) is 13.1 Å². The molecule has 0 aliphatic heterocycles. The molecule has 0 radical (unpaired) electrons. The third-order valence-corrected chi connectivity index (χ3v) is 2.58. The van der Waals surface area contributed by atoms with E-state index >= 15 is 0 Å². The van der Waals surface area contributed by atoms with Crippen LogP contribution in [0.4, 0.5) is 5.69 Å². The van der Waals surface area contributed by atoms with Crippen LogP contribution in [-0.4, -0.2) is 19.6 Å². The minimum Gasteiger partial charge on any atom is -0.462 e. The third kappa shape index (κ3) is 4.47. The van der Waals surface area contributed by atoms with Crippen molar-refractivity contribution in [3.63, 3.8) is 0 Å². The molecule has 0 aliphatic rings. The molecule has 3 nitrogen and oxygen atoms in total. The number of carbonyl (C=O) groups is 1. The van der Waals surface area contributed by atoms with E-state index in [-0.39, 0.29) is 5.97 Å². The molecular formula is C14H21NO2. The van der Waals surface area contributed by atoms with Crippen molar-refractivity contribution < 1.29 is 9.53 Å². The standard InChI is InChI=1S/C14H21NO2/c1-11(2)7-6-10-17-14(16)12-8-4-5-9-13(12)15-3/h4-5,8-9,11,15H,6-7,10H2,1-3H3. The van der Waals surface area contributed by atoms with Gasteiger partial charge in [-0.1, -0.05) is 26.0 Å². The lowest BCUT2D eigenvalue weighted by molar-refractivity contribution is 0.0496. The van der Waals surface area contributed by atoms with Gasteiger partial charge in [-0.2, -0.15) is 0 Å². The average molecular weight is 235 g/mol. The minimum atomic E-state index is -0.251. The molecule has 0 heterocycles. The molecule has 0 aliphatic carbocycles. The van der Waals surface area contributed by atoms with Gasteiger partial charge in [-0.3, -0.25) is 0 Å². The van der Waals surface area contributed by atoms with Gasteiger partial charge < -0.3 is 10.1 Å². The van der Waals surface area contributed by atoms with Gasteiger partial charge in [0.1, 0.15) is 0 Å². The first kappa shape index (κ1) is 13.6. The Labute approximate surface area is 103 Å². The second kappa shape index (κ2) is 6.94. The number of anilines is 1. The lowest BCUT2D eigenvalue weighted by atomic mass is 10.1. The van der Waals surface area contributed by atoms with E-state index in [4.69, 9.17) is 4.74 Å². The highest BCUT2D eigenvalue weighted by Gasteiger charge is 2.10. The van der Waals surface area contributed by atoms with Gasteiger partial charge >= 0.3 is 5.97 Å². The fourth-order valence-electron chi connectivity index (χ4n) is 1.61. The predicted octanol–water partition coefficient (Wildman–Crippen LogP) is 3.32. The summed E-state index contributed by atoms with van der Waals surface area (Å²) in [6.07, 6.45) is 2.01. The quantitative estimate of drug-likeness (QED) is 0.607. The molecule has 0 saturated carbocycles. The Morgan fingerprint density at radius 1 is 1.35 bits per heavy atom. The van der Waals surface area contributed by atoms with Crippen molar-refractivity contribution in [2.45, 2.75) is 26.7 Å². The fraction of sp³-hybridized carbons (Fsp3) is 0.500. The molecule has 1 rings (SSSR count). The molecule has 1 aromatic rings. The van der Waals surface area contributed by atoms with Crippen LogP contribution in [0.25, 0.3) is 0 Å². The number of para-hydroxylation sites is 1. The third-order valence-electron chi connectivity index (χ3n) is 2.58. The normalized spacial score (nSPS) is 10.4. The van der Waals surface area contributed by atoms with Crippen molar-refractivity contribution in [2.75, 3.05) is 19.0 Å². The summed E-state index contributed by atoms with van der Waals surface area (Å²) in [5, 5.41) is 2.98. The first-order chi connectivity index (χ1) is 8.15. The summed E-state index contributed by atoms with van der Waals surface area (Å²) in [4.78, 5) is 11.8. The second-order valence-electron chi connectivity index (χ2n) is 4.47. The van der Waals surface area contributed by atoms with E-state index in [2.05, 4.69) is 19.2 Å². The minimum absolute atomic E-state index is 0.251. The van der Waals surface area contributed by atoms with Crippen molar-refractivity contribution in [1.29, 1.82) is 0 Å². The number of carbonyl (C=O) groups excluding carboxylic acids is 1. The molecule has 1 N–H and O–H groups in total. The van der Waals surface area contributed by atoms with Gasteiger partial charge in [0.2, 0.25) is 0 Å². The molecule has 17 heavy (non-hydrogen) atoms. The van der Waals surface area contributed by atoms with E-state index in [1.165, 1.54) is 0 Å². The molecule has 94 valence electrons. The largest absolute Gasteiger partial charge is 0.462 e. The summed E-state index contributed by atoms with van der Waals surface area (Å²) in [7, 11) is 1.80. The van der Waals surface area contributed by atoms with Crippen molar-refractivity contribution in [3.05, 3.63) is 29.8 Å². The van der Waals surface area contributed by atoms with Crippen LogP contribution in [0.3, 0.4) is 0 Å². The van der Waals surface area contributed by atoms with Gasteiger partial charge in [0, 0.05) is 12.7 Å². The van der Waals surface area contributed by atoms with E-state index < -0.39 is 0 Å². The monoisotopic (exact) mass is 235 g/mol. The molecule has 3 heteroatoms. The smallest absolute Gasteiger partial charge is 0.340 e. The van der Waals surface area contributed by atoms with Crippen molar-refractivity contribution >= 4 is 11.7 Å². The molecule has 0 atom stereocenters. The van der Waals surface area contributed by atoms with Gasteiger partial charge in [-0.25, -0.2) is 4.79 Å². The Morgan fingerprint density at radius 3 is 2.71 bits per heavy atom. The lowest BCUT2D eigenvalue weighted by Gasteiger charge is -2.09. The summed E-state index contributed by atoms with van der Waals surface area (Å²) in [5.41, 5.74) is 1.40. The lowest BCUT2D eigenvalue weighted by Crippen LogP contribution is -2.09. The van der Waals surface area contributed by atoms with Crippen molar-refractivity contribution in [3.8, 4) is 0 Å². The highest BCUT2D eigenvalue weighted by Crippen LogP contribution is 2.15. The van der Waals surface area contributed by atoms with Crippen LogP contribution < -0.4 is 5.32 Å². The number of benzene rings is 1. The number of hydrogen-bond acceptors (Lipinski definition) is 3. The first-order valence-electron chi connectivity index (χ1n) is 6.09. The van der Waals surface area contributed by atoms with Gasteiger partial charge in [0.25, 0.3) is 0 Å². The molecule has 0 bridgehead atoms. The first-order valence-corrected chi connectivity index (χ1v) is 6.09. The van der Waals surface area contributed by atoms with E-state index in [9.17, 15) is 4.79 Å². The van der Waals surface area contributed by atoms with Gasteiger partial charge in [-0.05, 0) is 30.9 Å². The zero-order chi connectivity index (χ0) is 12.7. The van der Waals surface area contributed by atoms with Gasteiger partial charge in [0.15, 0.2) is 0 Å². The summed E-state index contributed by atoms with van der Waals surface area (Å²) in [5.74, 6) is 0.400. The maximum atomic E-state index is 11.8. The molecule has 1 aromatic carbocycles. The number of hydrogen-bond donors (Lipinski definition) is 1. The topological polar surface area (TPSA) is 38.3 Å². The average Bonchev–Trinajstić information content (AvgIpc) is 2.34. The van der Waals surface area contributed by atoms with Crippen LogP contribution in [0.1, 0.15) is 37.0 Å². The Kier molecular flexibility index (Phi) is 5.53. The Bertz CT molecular complexity index is 361. The summed E-state index contributed by atoms with van der Waals surface area (Å²) >= 11 is 0. The zero-order valence-electron chi connectivity index (χ0n) is 10.8. The number of esters is 1. The highest BCUT2D eigenvalue weighted by atomic mass is 16.5. The Hall–Kier alpha value is -1.51. The van der Waals surface area contributed by atoms with Crippen LogP contribution in [0.15, 0.2) is 24.3 Å². The summed E-state index contributed by atoms with van der Waals surface area (Å²) < 4.78 is 5.24. The number of ether oxygens (including phenoxy) is 1. The molecular weight excluding hydrogens is 214 g/mol. The van der Waals surface area contributed by atoms with Crippen LogP contribution in [0.2, 0.25) is 0 Å². The Morgan fingerprint density at radius 2 is 2.06 bits per heavy atom. The molecule has 0 fully saturated rings. The zero-order valence-corrected chi connectivity index (χ0v) is 10.8. The van der Waals surface area contributed by atoms with Crippen molar-refractivity contribution in [2.24, 2.45) is 5.92 Å². The van der Waals surface area contributed by atoms with Gasteiger partial charge in [-0.15, -0.1) is 0 Å². The molecule has 0 saturated heterocycles. The molecule has 0 unspecified atom stereocenters. The highest BCUT2D eigenvalue weighted by molar-refractivity contribution is 5.95. The van der Waals surface area contributed by atoms with Crippen LogP contribution in [0.5, 0.6) is 0 Å². The number of nitrogens with one attached hydrogen (secondary N) is 1. The van der Waals surface area contributed by atoms with E-state index in [0.29, 0.717) is 18.1 Å². The van der Waals surface area contributed by atoms with E-state index in [0.717, 1.165) is 18.5 Å². The molecule has 0 aromatic heterocycles. The fourth-order valence-corrected chi connectivity index (χ4v) is 1.61. The maximum absolute atomic E-state index is 11.8. The summed E-state index contributed by atoms with van der Waals surface area (Å²) in [6.45, 7) is 4.82. The molecule has 0 amide bonds. The SMILES string of the molecule is CNc1ccccc1C(=O)OCCCC(C)C. The maximum Gasteiger partial charge on any atom is 0.340 e. The van der Waals surface area contributed by atoms with Crippen LogP contribution in [-0.2, 0) is 4.74 Å². The second-order valence-corrected chi connectivity index (χ2v) is 4.47. The molecule has 0 spiro atoms. The predicted molar refractivity (Wildman–Crippen MR) is 70.3 cm³/mol. The van der Waals surface area contributed by atoms with Crippen LogP contribution in [0, 0.1) is 5.92 Å². The van der Waals surface area contributed by atoms with Gasteiger partial charge in [0.05, 0.1) is 12.2 Å². The van der Waals surface area contributed by atoms with Crippen molar-refractivity contribution in [1.82, 2.24) is 0 Å². The summed E-state index contributed by atoms with van der Waals surface area (Å²) in [6, 6.07) is 7.37. The van der Waals surface area contributed by atoms with E-state index in [1.807, 2.05) is 18.2 Å². The van der Waals surface area contributed by atoms with Crippen LogP contribution >= 0.6 is 0 Å². The number of rotatable bonds is 6.